The average molecular weight is 296 g/mol. The molecule has 1 aromatic carbocycles. The summed E-state index contributed by atoms with van der Waals surface area (Å²) in [5.41, 5.74) is 3.76. The molecule has 0 atom stereocenters. The van der Waals surface area contributed by atoms with E-state index in [1.54, 1.807) is 0 Å². The Balaban J connectivity index is 3.44. The van der Waals surface area contributed by atoms with Crippen LogP contribution in [0.5, 0.6) is 0 Å². The Kier molecular flexibility index (Phi) is 5.18. The topological polar surface area (TPSA) is 0 Å². The fourth-order valence-electron chi connectivity index (χ4n) is 1.97. The number of hydrogen-bond donors (Lipinski definition) is 0. The quantitative estimate of drug-likeness (QED) is 0.576. The molecule has 0 aromatic heterocycles. The molecular weight excluding hydrogens is 279 g/mol. The third-order valence-electron chi connectivity index (χ3n) is 2.82. The first kappa shape index (κ1) is 14.4. The van der Waals surface area contributed by atoms with Crippen molar-refractivity contribution in [1.82, 2.24) is 0 Å². The molecule has 1 rings (SSSR count). The van der Waals surface area contributed by atoms with Gasteiger partial charge >= 0.3 is 6.00 Å². The van der Waals surface area contributed by atoms with Crippen LogP contribution in [0.15, 0.2) is 12.1 Å². The Morgan fingerprint density at radius 2 is 1.31 bits per heavy atom. The van der Waals surface area contributed by atoms with Gasteiger partial charge in [-0.05, 0) is 41.1 Å². The maximum absolute atomic E-state index is 6.19. The van der Waals surface area contributed by atoms with Gasteiger partial charge in [0.05, 0.1) is 0 Å². The highest BCUT2D eigenvalue weighted by Gasteiger charge is 2.32. The first-order chi connectivity index (χ1) is 7.43. The molecule has 0 unspecified atom stereocenters. The van der Waals surface area contributed by atoms with Crippen molar-refractivity contribution in [3.63, 3.8) is 0 Å². The molecular formula is C12H17Cl3Si. The summed E-state index contributed by atoms with van der Waals surface area (Å²) < 4.78 is 0. The Morgan fingerprint density at radius 3 is 1.56 bits per heavy atom. The van der Waals surface area contributed by atoms with Gasteiger partial charge in [0, 0.05) is 0 Å². The Bertz CT molecular complexity index is 344. The maximum atomic E-state index is 6.19. The average Bonchev–Trinajstić information content (AvgIpc) is 2.25. The molecule has 0 aliphatic rings. The third kappa shape index (κ3) is 3.16. The summed E-state index contributed by atoms with van der Waals surface area (Å²) in [4.78, 5) is 0. The van der Waals surface area contributed by atoms with E-state index in [0.29, 0.717) is 0 Å². The standard InChI is InChI=1S/C12H17Cl3Si/c1-4-9-7-10(5-2)12(16(13,14)15)11(6-3)8-9/h7-8H,4-6H2,1-3H3. The van der Waals surface area contributed by atoms with Gasteiger partial charge in [-0.2, -0.15) is 0 Å². The largest absolute Gasteiger partial charge is 0.373 e. The van der Waals surface area contributed by atoms with Gasteiger partial charge in [0.1, 0.15) is 0 Å². The minimum absolute atomic E-state index is 0.928. The second-order valence-corrected chi connectivity index (χ2v) is 12.2. The minimum Gasteiger partial charge on any atom is -0.121 e. The van der Waals surface area contributed by atoms with Crippen molar-refractivity contribution in [2.24, 2.45) is 0 Å². The van der Waals surface area contributed by atoms with E-state index in [4.69, 9.17) is 33.2 Å². The zero-order chi connectivity index (χ0) is 12.3. The van der Waals surface area contributed by atoms with E-state index in [1.165, 1.54) is 16.7 Å². The van der Waals surface area contributed by atoms with Crippen LogP contribution in [0.3, 0.4) is 0 Å². The molecule has 0 fully saturated rings. The van der Waals surface area contributed by atoms with Gasteiger partial charge in [0.25, 0.3) is 0 Å². The molecule has 0 heterocycles. The Morgan fingerprint density at radius 1 is 0.875 bits per heavy atom. The Hall–Kier alpha value is 0.307. The summed E-state index contributed by atoms with van der Waals surface area (Å²) >= 11 is 18.6. The lowest BCUT2D eigenvalue weighted by Crippen LogP contribution is -2.36. The molecule has 0 N–H and O–H groups in total. The molecule has 0 aliphatic carbocycles. The number of rotatable bonds is 4. The summed E-state index contributed by atoms with van der Waals surface area (Å²) in [7, 11) is 0. The van der Waals surface area contributed by atoms with E-state index in [2.05, 4.69) is 32.9 Å². The van der Waals surface area contributed by atoms with E-state index in [-0.39, 0.29) is 0 Å². The summed E-state index contributed by atoms with van der Waals surface area (Å²) in [6, 6.07) is 1.58. The van der Waals surface area contributed by atoms with E-state index in [0.717, 1.165) is 24.4 Å². The van der Waals surface area contributed by atoms with Crippen LogP contribution in [0, 0.1) is 0 Å². The minimum atomic E-state index is -2.78. The lowest BCUT2D eigenvalue weighted by molar-refractivity contribution is 1.06. The summed E-state index contributed by atoms with van der Waals surface area (Å²) in [5.74, 6) is 0. The van der Waals surface area contributed by atoms with Gasteiger partial charge in [0.15, 0.2) is 0 Å². The molecule has 1 aromatic rings. The smallest absolute Gasteiger partial charge is 0.121 e. The first-order valence-corrected chi connectivity index (χ1v) is 10.7. The van der Waals surface area contributed by atoms with Gasteiger partial charge in [-0.25, -0.2) is 0 Å². The highest BCUT2D eigenvalue weighted by Crippen LogP contribution is 2.25. The fraction of sp³-hybridized carbons (Fsp3) is 0.500. The van der Waals surface area contributed by atoms with Crippen LogP contribution < -0.4 is 5.19 Å². The van der Waals surface area contributed by atoms with Crippen LogP contribution in [-0.4, -0.2) is 6.00 Å². The first-order valence-electron chi connectivity index (χ1n) is 5.65. The molecule has 0 saturated heterocycles. The number of benzene rings is 1. The summed E-state index contributed by atoms with van der Waals surface area (Å²) in [6.45, 7) is 6.38. The van der Waals surface area contributed by atoms with E-state index >= 15 is 0 Å². The second kappa shape index (κ2) is 5.77. The fourth-order valence-corrected chi connectivity index (χ4v) is 5.38. The third-order valence-corrected chi connectivity index (χ3v) is 5.73. The normalized spacial score (nSPS) is 11.9. The van der Waals surface area contributed by atoms with Crippen LogP contribution in [0.25, 0.3) is 0 Å². The van der Waals surface area contributed by atoms with Gasteiger partial charge in [-0.15, -0.1) is 33.2 Å². The van der Waals surface area contributed by atoms with Gasteiger partial charge in [0.2, 0.25) is 0 Å². The number of hydrogen-bond acceptors (Lipinski definition) is 0. The van der Waals surface area contributed by atoms with Gasteiger partial charge in [-0.1, -0.05) is 32.9 Å². The van der Waals surface area contributed by atoms with Crippen LogP contribution in [0.2, 0.25) is 0 Å². The van der Waals surface area contributed by atoms with Crippen LogP contribution >= 0.6 is 33.2 Å². The van der Waals surface area contributed by atoms with Crippen LogP contribution in [-0.2, 0) is 19.3 Å². The molecule has 16 heavy (non-hydrogen) atoms. The highest BCUT2D eigenvalue weighted by atomic mass is 35.8. The summed E-state index contributed by atoms with van der Waals surface area (Å²) in [5, 5.41) is 1.01. The molecule has 0 spiro atoms. The van der Waals surface area contributed by atoms with E-state index in [9.17, 15) is 0 Å². The summed E-state index contributed by atoms with van der Waals surface area (Å²) in [6.07, 6.45) is 2.88. The molecule has 0 amide bonds. The van der Waals surface area contributed by atoms with Crippen molar-refractivity contribution in [1.29, 1.82) is 0 Å². The van der Waals surface area contributed by atoms with Crippen molar-refractivity contribution in [2.75, 3.05) is 0 Å². The number of halogens is 3. The van der Waals surface area contributed by atoms with E-state index in [1.807, 2.05) is 0 Å². The molecule has 0 aliphatic heterocycles. The Labute approximate surface area is 113 Å². The second-order valence-electron chi connectivity index (χ2n) is 3.85. The lowest BCUT2D eigenvalue weighted by Gasteiger charge is -2.19. The zero-order valence-electron chi connectivity index (χ0n) is 9.91. The van der Waals surface area contributed by atoms with Crippen molar-refractivity contribution in [3.05, 3.63) is 28.8 Å². The molecule has 4 heteroatoms. The predicted octanol–water partition coefficient (Wildman–Crippen LogP) is 4.24. The molecule has 0 saturated carbocycles. The van der Waals surface area contributed by atoms with Crippen LogP contribution in [0.1, 0.15) is 37.5 Å². The molecule has 0 nitrogen and oxygen atoms in total. The van der Waals surface area contributed by atoms with Crippen molar-refractivity contribution in [3.8, 4) is 0 Å². The predicted molar refractivity (Wildman–Crippen MR) is 77.5 cm³/mol. The zero-order valence-corrected chi connectivity index (χ0v) is 13.2. The molecule has 0 radical (unpaired) electrons. The monoisotopic (exact) mass is 294 g/mol. The van der Waals surface area contributed by atoms with Crippen molar-refractivity contribution >= 4 is 44.4 Å². The van der Waals surface area contributed by atoms with Gasteiger partial charge in [-0.3, -0.25) is 0 Å². The van der Waals surface area contributed by atoms with Gasteiger partial charge < -0.3 is 0 Å². The SMILES string of the molecule is CCc1cc(CC)c([Si](Cl)(Cl)Cl)c(CC)c1. The van der Waals surface area contributed by atoms with E-state index < -0.39 is 6.00 Å². The lowest BCUT2D eigenvalue weighted by atomic mass is 10.0. The number of aryl methyl sites for hydroxylation is 3. The maximum Gasteiger partial charge on any atom is 0.373 e. The van der Waals surface area contributed by atoms with Crippen LogP contribution in [0.4, 0.5) is 0 Å². The molecule has 90 valence electrons. The molecule has 0 bridgehead atoms. The highest BCUT2D eigenvalue weighted by molar-refractivity contribution is 7.69. The van der Waals surface area contributed by atoms with Crippen molar-refractivity contribution in [2.45, 2.75) is 40.0 Å². The van der Waals surface area contributed by atoms with Crippen molar-refractivity contribution < 1.29 is 0 Å².